The summed E-state index contributed by atoms with van der Waals surface area (Å²) in [6.07, 6.45) is 10.6. The van der Waals surface area contributed by atoms with E-state index < -0.39 is 0 Å². The van der Waals surface area contributed by atoms with Crippen molar-refractivity contribution >= 4 is 43.5 Å². The Balaban J connectivity index is 2.84. The quantitative estimate of drug-likeness (QED) is 0.388. The highest BCUT2D eigenvalue weighted by atomic mass is 79.9. The van der Waals surface area contributed by atoms with Gasteiger partial charge in [-0.15, -0.1) is 11.6 Å². The van der Waals surface area contributed by atoms with Gasteiger partial charge in [-0.3, -0.25) is 0 Å². The molecule has 0 saturated heterocycles. The monoisotopic (exact) mass is 332 g/mol. The minimum Gasteiger partial charge on any atom is -0.110 e. The maximum Gasteiger partial charge on any atom is 0.0886 e. The number of rotatable bonds is 9. The molecule has 0 aromatic heterocycles. The van der Waals surface area contributed by atoms with Gasteiger partial charge in [0.1, 0.15) is 0 Å². The van der Waals surface area contributed by atoms with Crippen molar-refractivity contribution in [1.29, 1.82) is 0 Å². The zero-order valence-corrected chi connectivity index (χ0v) is 12.0. The standard InChI is InChI=1S/C10H19Br2Cl/c11-9-7-5-3-1-2-4-6-8-10(12)13/h10H,1-9H2. The lowest BCUT2D eigenvalue weighted by atomic mass is 10.1. The Bertz CT molecular complexity index is 96.9. The van der Waals surface area contributed by atoms with Gasteiger partial charge in [0.15, 0.2) is 0 Å². The molecule has 0 aromatic rings. The molecule has 0 aliphatic rings. The van der Waals surface area contributed by atoms with Gasteiger partial charge in [0.2, 0.25) is 0 Å². The molecule has 0 bridgehead atoms. The van der Waals surface area contributed by atoms with Crippen molar-refractivity contribution in [2.24, 2.45) is 0 Å². The van der Waals surface area contributed by atoms with Crippen LogP contribution in [-0.2, 0) is 0 Å². The van der Waals surface area contributed by atoms with Gasteiger partial charge in [-0.05, 0) is 12.8 Å². The molecular weight excluding hydrogens is 315 g/mol. The second-order valence-corrected chi connectivity index (χ2v) is 6.30. The molecule has 0 nitrogen and oxygen atoms in total. The summed E-state index contributed by atoms with van der Waals surface area (Å²) < 4.78 is 0.181. The Hall–Kier alpha value is 1.25. The first-order valence-electron chi connectivity index (χ1n) is 5.11. The fraction of sp³-hybridized carbons (Fsp3) is 1.00. The average Bonchev–Trinajstić information content (AvgIpc) is 2.09. The Morgan fingerprint density at radius 3 is 1.77 bits per heavy atom. The van der Waals surface area contributed by atoms with Crippen LogP contribution < -0.4 is 0 Å². The van der Waals surface area contributed by atoms with Crippen molar-refractivity contribution in [3.63, 3.8) is 0 Å². The molecule has 0 rings (SSSR count). The van der Waals surface area contributed by atoms with E-state index in [2.05, 4.69) is 31.9 Å². The van der Waals surface area contributed by atoms with E-state index in [1.54, 1.807) is 0 Å². The Kier molecular flexibility index (Phi) is 12.4. The molecule has 0 aliphatic heterocycles. The third kappa shape index (κ3) is 13.2. The number of hydrogen-bond donors (Lipinski definition) is 0. The summed E-state index contributed by atoms with van der Waals surface area (Å²) in [6.45, 7) is 0. The van der Waals surface area contributed by atoms with Gasteiger partial charge in [0, 0.05) is 5.33 Å². The zero-order chi connectivity index (χ0) is 9.94. The molecule has 0 N–H and O–H groups in total. The van der Waals surface area contributed by atoms with Crippen LogP contribution in [0.1, 0.15) is 51.4 Å². The number of hydrogen-bond acceptors (Lipinski definition) is 0. The highest BCUT2D eigenvalue weighted by molar-refractivity contribution is 9.10. The van der Waals surface area contributed by atoms with Crippen LogP contribution in [0.3, 0.4) is 0 Å². The maximum absolute atomic E-state index is 5.77. The molecule has 0 saturated carbocycles. The van der Waals surface area contributed by atoms with Gasteiger partial charge < -0.3 is 0 Å². The first-order chi connectivity index (χ1) is 6.27. The van der Waals surface area contributed by atoms with E-state index in [4.69, 9.17) is 11.6 Å². The van der Waals surface area contributed by atoms with Gasteiger partial charge in [-0.1, -0.05) is 70.4 Å². The Morgan fingerprint density at radius 1 is 0.846 bits per heavy atom. The Labute approximate surface area is 104 Å². The first kappa shape index (κ1) is 14.2. The van der Waals surface area contributed by atoms with E-state index in [9.17, 15) is 0 Å². The molecule has 0 fully saturated rings. The van der Waals surface area contributed by atoms with Crippen LogP contribution in [0, 0.1) is 0 Å². The summed E-state index contributed by atoms with van der Waals surface area (Å²) in [5, 5.41) is 1.16. The van der Waals surface area contributed by atoms with Gasteiger partial charge >= 0.3 is 0 Å². The van der Waals surface area contributed by atoms with Crippen LogP contribution in [0.5, 0.6) is 0 Å². The molecule has 0 spiro atoms. The summed E-state index contributed by atoms with van der Waals surface area (Å²) in [7, 11) is 0. The molecule has 0 radical (unpaired) electrons. The van der Waals surface area contributed by atoms with E-state index in [1.165, 1.54) is 44.9 Å². The fourth-order valence-electron chi connectivity index (χ4n) is 1.28. The third-order valence-electron chi connectivity index (χ3n) is 2.06. The normalized spacial score (nSPS) is 13.2. The third-order valence-corrected chi connectivity index (χ3v) is 3.29. The number of unbranched alkanes of at least 4 members (excludes halogenated alkanes) is 6. The molecule has 0 amide bonds. The average molecular weight is 335 g/mol. The smallest absolute Gasteiger partial charge is 0.0886 e. The molecule has 0 heterocycles. The van der Waals surface area contributed by atoms with Crippen LogP contribution in [-0.4, -0.2) is 9.62 Å². The van der Waals surface area contributed by atoms with Gasteiger partial charge in [-0.2, -0.15) is 0 Å². The van der Waals surface area contributed by atoms with E-state index >= 15 is 0 Å². The van der Waals surface area contributed by atoms with Crippen LogP contribution in [0.4, 0.5) is 0 Å². The van der Waals surface area contributed by atoms with Crippen molar-refractivity contribution < 1.29 is 0 Å². The first-order valence-corrected chi connectivity index (χ1v) is 7.59. The maximum atomic E-state index is 5.77. The predicted octanol–water partition coefficient (Wildman–Crippen LogP) is 5.46. The summed E-state index contributed by atoms with van der Waals surface area (Å²) in [5.41, 5.74) is 0. The topological polar surface area (TPSA) is 0 Å². The molecule has 1 unspecified atom stereocenters. The Morgan fingerprint density at radius 2 is 1.31 bits per heavy atom. The van der Waals surface area contributed by atoms with Crippen LogP contribution in [0.15, 0.2) is 0 Å². The van der Waals surface area contributed by atoms with Crippen LogP contribution >= 0.6 is 43.5 Å². The van der Waals surface area contributed by atoms with E-state index in [0.717, 1.165) is 11.8 Å². The van der Waals surface area contributed by atoms with Crippen LogP contribution in [0.25, 0.3) is 0 Å². The van der Waals surface area contributed by atoms with Crippen molar-refractivity contribution in [2.45, 2.75) is 55.7 Å². The molecule has 13 heavy (non-hydrogen) atoms. The molecule has 0 aliphatic carbocycles. The zero-order valence-electron chi connectivity index (χ0n) is 8.08. The van der Waals surface area contributed by atoms with E-state index in [0.29, 0.717) is 0 Å². The second-order valence-electron chi connectivity index (χ2n) is 3.34. The summed E-state index contributed by atoms with van der Waals surface area (Å²) in [4.78, 5) is 0. The van der Waals surface area contributed by atoms with Crippen LogP contribution in [0.2, 0.25) is 0 Å². The van der Waals surface area contributed by atoms with Gasteiger partial charge in [0.25, 0.3) is 0 Å². The molecule has 1 atom stereocenters. The summed E-state index contributed by atoms with van der Waals surface area (Å²) >= 11 is 12.5. The lowest BCUT2D eigenvalue weighted by Gasteiger charge is -2.01. The van der Waals surface area contributed by atoms with Gasteiger partial charge in [0.05, 0.1) is 4.29 Å². The lowest BCUT2D eigenvalue weighted by molar-refractivity contribution is 0.585. The van der Waals surface area contributed by atoms with E-state index in [-0.39, 0.29) is 4.29 Å². The minimum absolute atomic E-state index is 0.181. The second kappa shape index (κ2) is 11.3. The lowest BCUT2D eigenvalue weighted by Crippen LogP contribution is -1.86. The van der Waals surface area contributed by atoms with Crippen molar-refractivity contribution in [1.82, 2.24) is 0 Å². The molecular formula is C10H19Br2Cl. The fourth-order valence-corrected chi connectivity index (χ4v) is 2.15. The van der Waals surface area contributed by atoms with Crippen molar-refractivity contribution in [3.05, 3.63) is 0 Å². The van der Waals surface area contributed by atoms with Crippen molar-refractivity contribution in [3.8, 4) is 0 Å². The highest BCUT2D eigenvalue weighted by Gasteiger charge is 1.97. The summed E-state index contributed by atoms with van der Waals surface area (Å²) in [6, 6.07) is 0. The predicted molar refractivity (Wildman–Crippen MR) is 69.3 cm³/mol. The molecule has 3 heteroatoms. The number of halogens is 3. The molecule has 0 aromatic carbocycles. The molecule has 80 valence electrons. The largest absolute Gasteiger partial charge is 0.110 e. The van der Waals surface area contributed by atoms with Crippen molar-refractivity contribution in [2.75, 3.05) is 5.33 Å². The summed E-state index contributed by atoms with van der Waals surface area (Å²) in [5.74, 6) is 0. The highest BCUT2D eigenvalue weighted by Crippen LogP contribution is 2.15. The van der Waals surface area contributed by atoms with E-state index in [1.807, 2.05) is 0 Å². The SMILES string of the molecule is ClC(Br)CCCCCCCCCBr. The van der Waals surface area contributed by atoms with Gasteiger partial charge in [-0.25, -0.2) is 0 Å². The minimum atomic E-state index is 0.181. The number of alkyl halides is 3.